The fourth-order valence-electron chi connectivity index (χ4n) is 3.37. The highest BCUT2D eigenvalue weighted by molar-refractivity contribution is 5.76. The van der Waals surface area contributed by atoms with Crippen LogP contribution in [0.3, 0.4) is 0 Å². The van der Waals surface area contributed by atoms with Gasteiger partial charge in [-0.3, -0.25) is 9.13 Å². The monoisotopic (exact) mass is 397 g/mol. The molecule has 4 aromatic rings. The van der Waals surface area contributed by atoms with Gasteiger partial charge in [-0.25, -0.2) is 4.79 Å². The van der Waals surface area contributed by atoms with Gasteiger partial charge in [-0.05, 0) is 47.5 Å². The van der Waals surface area contributed by atoms with Gasteiger partial charge in [-0.2, -0.15) is 13.2 Å². The molecule has 0 aliphatic heterocycles. The minimum Gasteiger partial charge on any atom is -0.399 e. The van der Waals surface area contributed by atoms with E-state index in [1.54, 1.807) is 21.3 Å². The number of hydrogen-bond acceptors (Lipinski definition) is 2. The number of halogens is 3. The Hall–Kier alpha value is -3.48. The maximum absolute atomic E-state index is 13.1. The molecule has 0 spiro atoms. The van der Waals surface area contributed by atoms with Crippen molar-refractivity contribution in [2.24, 2.45) is 0 Å². The van der Waals surface area contributed by atoms with Crippen molar-refractivity contribution in [3.63, 3.8) is 0 Å². The summed E-state index contributed by atoms with van der Waals surface area (Å²) in [6.07, 6.45) is -4.38. The zero-order valence-electron chi connectivity index (χ0n) is 15.4. The van der Waals surface area contributed by atoms with Crippen LogP contribution in [0, 0.1) is 0 Å². The van der Waals surface area contributed by atoms with Gasteiger partial charge in [0.25, 0.3) is 0 Å². The summed E-state index contributed by atoms with van der Waals surface area (Å²) in [7, 11) is 0. The Bertz CT molecular complexity index is 1200. The molecule has 0 radical (unpaired) electrons. The Labute approximate surface area is 164 Å². The summed E-state index contributed by atoms with van der Waals surface area (Å²) in [5, 5.41) is 0. The van der Waals surface area contributed by atoms with E-state index in [1.807, 2.05) is 36.4 Å². The van der Waals surface area contributed by atoms with Crippen LogP contribution in [0.4, 0.5) is 18.9 Å². The number of nitrogens with two attached hydrogens (primary N) is 1. The molecule has 0 saturated heterocycles. The highest BCUT2D eigenvalue weighted by Crippen LogP contribution is 2.29. The topological polar surface area (TPSA) is 52.9 Å². The Kier molecular flexibility index (Phi) is 4.66. The predicted octanol–water partition coefficient (Wildman–Crippen LogP) is 4.50. The molecule has 7 heteroatoms. The molecule has 0 bridgehead atoms. The van der Waals surface area contributed by atoms with Crippen LogP contribution in [-0.4, -0.2) is 9.13 Å². The smallest absolute Gasteiger partial charge is 0.399 e. The molecule has 0 fully saturated rings. The molecule has 1 heterocycles. The first kappa shape index (κ1) is 18.9. The number of aromatic nitrogens is 2. The van der Waals surface area contributed by atoms with Gasteiger partial charge < -0.3 is 5.73 Å². The largest absolute Gasteiger partial charge is 0.416 e. The number of para-hydroxylation sites is 2. The fraction of sp³-hybridized carbons (Fsp3) is 0.136. The number of imidazole rings is 1. The van der Waals surface area contributed by atoms with Crippen LogP contribution in [0.5, 0.6) is 0 Å². The van der Waals surface area contributed by atoms with E-state index in [0.29, 0.717) is 17.8 Å². The third kappa shape index (κ3) is 3.76. The second-order valence-electron chi connectivity index (χ2n) is 6.88. The lowest BCUT2D eigenvalue weighted by atomic mass is 10.1. The van der Waals surface area contributed by atoms with Crippen molar-refractivity contribution in [3.05, 3.63) is 100.0 Å². The molecule has 0 aliphatic carbocycles. The minimum atomic E-state index is -4.38. The van der Waals surface area contributed by atoms with E-state index in [9.17, 15) is 18.0 Å². The van der Waals surface area contributed by atoms with E-state index in [1.165, 1.54) is 12.1 Å². The first-order valence-electron chi connectivity index (χ1n) is 9.01. The van der Waals surface area contributed by atoms with E-state index >= 15 is 0 Å². The van der Waals surface area contributed by atoms with Crippen LogP contribution in [0.2, 0.25) is 0 Å². The van der Waals surface area contributed by atoms with Crippen LogP contribution in [0.15, 0.2) is 77.6 Å². The van der Waals surface area contributed by atoms with Crippen LogP contribution in [0.25, 0.3) is 11.0 Å². The molecule has 2 N–H and O–H groups in total. The number of hydrogen-bond donors (Lipinski definition) is 1. The molecule has 4 rings (SSSR count). The first-order chi connectivity index (χ1) is 13.8. The Balaban J connectivity index is 1.72. The number of rotatable bonds is 4. The highest BCUT2D eigenvalue weighted by atomic mass is 19.4. The van der Waals surface area contributed by atoms with Gasteiger partial charge in [0.15, 0.2) is 0 Å². The first-order valence-corrected chi connectivity index (χ1v) is 9.01. The number of alkyl halides is 3. The van der Waals surface area contributed by atoms with Crippen molar-refractivity contribution in [1.82, 2.24) is 9.13 Å². The Morgan fingerprint density at radius 3 is 1.62 bits per heavy atom. The molecular weight excluding hydrogens is 379 g/mol. The van der Waals surface area contributed by atoms with Crippen molar-refractivity contribution in [1.29, 1.82) is 0 Å². The summed E-state index contributed by atoms with van der Waals surface area (Å²) in [4.78, 5) is 13.1. The number of nitrogens with zero attached hydrogens (tertiary/aromatic N) is 2. The summed E-state index contributed by atoms with van der Waals surface area (Å²) in [6, 6.07) is 19.5. The van der Waals surface area contributed by atoms with Gasteiger partial charge in [0.2, 0.25) is 0 Å². The molecule has 29 heavy (non-hydrogen) atoms. The molecule has 0 aliphatic rings. The van der Waals surface area contributed by atoms with Gasteiger partial charge >= 0.3 is 11.9 Å². The van der Waals surface area contributed by atoms with Crippen molar-refractivity contribution in [3.8, 4) is 0 Å². The summed E-state index contributed by atoms with van der Waals surface area (Å²) < 4.78 is 41.6. The van der Waals surface area contributed by atoms with E-state index in [0.717, 1.165) is 28.7 Å². The van der Waals surface area contributed by atoms with E-state index < -0.39 is 11.7 Å². The Morgan fingerprint density at radius 2 is 1.17 bits per heavy atom. The van der Waals surface area contributed by atoms with Crippen LogP contribution < -0.4 is 11.4 Å². The van der Waals surface area contributed by atoms with E-state index in [-0.39, 0.29) is 12.2 Å². The van der Waals surface area contributed by atoms with Crippen molar-refractivity contribution in [2.45, 2.75) is 19.3 Å². The van der Waals surface area contributed by atoms with E-state index in [4.69, 9.17) is 5.73 Å². The Morgan fingerprint density at radius 1 is 0.724 bits per heavy atom. The fourth-order valence-corrected chi connectivity index (χ4v) is 3.37. The molecule has 0 amide bonds. The van der Waals surface area contributed by atoms with E-state index in [2.05, 4.69) is 0 Å². The van der Waals surface area contributed by atoms with Crippen LogP contribution in [-0.2, 0) is 19.3 Å². The second-order valence-corrected chi connectivity index (χ2v) is 6.88. The number of benzene rings is 3. The highest BCUT2D eigenvalue weighted by Gasteiger charge is 2.30. The van der Waals surface area contributed by atoms with Crippen molar-refractivity contribution in [2.75, 3.05) is 5.73 Å². The number of anilines is 1. The lowest BCUT2D eigenvalue weighted by Crippen LogP contribution is -2.25. The summed E-state index contributed by atoms with van der Waals surface area (Å²) >= 11 is 0. The predicted molar refractivity (Wildman–Crippen MR) is 107 cm³/mol. The quantitative estimate of drug-likeness (QED) is 0.516. The lowest BCUT2D eigenvalue weighted by Gasteiger charge is -2.08. The van der Waals surface area contributed by atoms with Gasteiger partial charge in [0, 0.05) is 5.69 Å². The molecule has 0 atom stereocenters. The maximum atomic E-state index is 13.1. The number of fused-ring (bicyclic) bond motifs is 1. The zero-order valence-corrected chi connectivity index (χ0v) is 15.4. The molecule has 4 nitrogen and oxygen atoms in total. The zero-order chi connectivity index (χ0) is 20.6. The van der Waals surface area contributed by atoms with Crippen molar-refractivity contribution >= 4 is 16.7 Å². The molecule has 1 aromatic heterocycles. The second kappa shape index (κ2) is 7.16. The van der Waals surface area contributed by atoms with Gasteiger partial charge in [-0.15, -0.1) is 0 Å². The summed E-state index contributed by atoms with van der Waals surface area (Å²) in [5.74, 6) is 0. The van der Waals surface area contributed by atoms with Gasteiger partial charge in [0.1, 0.15) is 0 Å². The average Bonchev–Trinajstić information content (AvgIpc) is 2.95. The lowest BCUT2D eigenvalue weighted by molar-refractivity contribution is -0.137. The van der Waals surface area contributed by atoms with Gasteiger partial charge in [-0.1, -0.05) is 36.4 Å². The average molecular weight is 397 g/mol. The molecule has 148 valence electrons. The SMILES string of the molecule is Nc1ccc(Cn2c(=O)n(Cc3ccc(C(F)(F)F)cc3)c3ccccc32)cc1. The van der Waals surface area contributed by atoms with Crippen LogP contribution in [0.1, 0.15) is 16.7 Å². The molecule has 0 unspecified atom stereocenters. The van der Waals surface area contributed by atoms with Crippen molar-refractivity contribution < 1.29 is 13.2 Å². The summed E-state index contributed by atoms with van der Waals surface area (Å²) in [5.41, 5.74) is 8.49. The molecular formula is C22H18F3N3O. The third-order valence-corrected chi connectivity index (χ3v) is 4.87. The maximum Gasteiger partial charge on any atom is 0.416 e. The third-order valence-electron chi connectivity index (χ3n) is 4.87. The molecule has 0 saturated carbocycles. The molecule has 3 aromatic carbocycles. The number of nitrogen functional groups attached to an aromatic ring is 1. The normalized spacial score (nSPS) is 11.8. The summed E-state index contributed by atoms with van der Waals surface area (Å²) in [6.45, 7) is 0.561. The van der Waals surface area contributed by atoms with Gasteiger partial charge in [0.05, 0.1) is 29.7 Å². The standard InChI is InChI=1S/C22H18F3N3O/c23-22(24,25)17-9-5-15(6-10-17)13-27-19-3-1-2-4-20(19)28(21(27)29)14-16-7-11-18(26)12-8-16/h1-12H,13-14,26H2. The van der Waals surface area contributed by atoms with Crippen LogP contribution >= 0.6 is 0 Å². The minimum absolute atomic E-state index is 0.187.